The number of hydrogen-bond acceptors (Lipinski definition) is 5. The first-order valence-corrected chi connectivity index (χ1v) is 9.02. The van der Waals surface area contributed by atoms with Gasteiger partial charge in [0, 0.05) is 16.0 Å². The van der Waals surface area contributed by atoms with E-state index in [2.05, 4.69) is 10.3 Å². The average Bonchev–Trinajstić information content (AvgIpc) is 3.08. The van der Waals surface area contributed by atoms with Crippen LogP contribution >= 0.6 is 22.9 Å². The number of carbonyl (C=O) groups is 2. The minimum absolute atomic E-state index is 0.293. The van der Waals surface area contributed by atoms with E-state index in [1.165, 1.54) is 23.0 Å². The lowest BCUT2D eigenvalue weighted by atomic mass is 10.1. The molecule has 7 heteroatoms. The van der Waals surface area contributed by atoms with Gasteiger partial charge in [-0.2, -0.15) is 0 Å². The quantitative estimate of drug-likeness (QED) is 0.652. The summed E-state index contributed by atoms with van der Waals surface area (Å²) in [6.45, 7) is 1.62. The molecule has 26 heavy (non-hydrogen) atoms. The van der Waals surface area contributed by atoms with E-state index in [1.54, 1.807) is 18.2 Å². The number of nitrogens with zero attached hydrogens (tertiary/aromatic N) is 1. The Morgan fingerprint density at radius 1 is 1.19 bits per heavy atom. The molecule has 1 aromatic heterocycles. The van der Waals surface area contributed by atoms with Gasteiger partial charge in [0.25, 0.3) is 5.91 Å². The normalized spacial score (nSPS) is 10.4. The molecule has 5 nitrogen and oxygen atoms in total. The summed E-state index contributed by atoms with van der Waals surface area (Å²) in [6.07, 6.45) is 0. The number of ether oxygens (including phenoxy) is 1. The second kappa shape index (κ2) is 8.12. The number of anilines is 1. The highest BCUT2D eigenvalue weighted by Crippen LogP contribution is 2.25. The Balaban J connectivity index is 1.55. The molecule has 3 rings (SSSR count). The van der Waals surface area contributed by atoms with E-state index in [0.717, 1.165) is 11.3 Å². The molecular weight excluding hydrogens is 372 g/mol. The number of esters is 1. The first kappa shape index (κ1) is 18.1. The third-order valence-corrected chi connectivity index (χ3v) is 4.49. The van der Waals surface area contributed by atoms with Crippen LogP contribution in [0.1, 0.15) is 15.9 Å². The summed E-state index contributed by atoms with van der Waals surface area (Å²) in [7, 11) is 0. The third kappa shape index (κ3) is 4.68. The van der Waals surface area contributed by atoms with Crippen LogP contribution in [0.25, 0.3) is 11.3 Å². The van der Waals surface area contributed by atoms with Crippen molar-refractivity contribution in [1.82, 2.24) is 4.98 Å². The molecule has 0 aliphatic heterocycles. The van der Waals surface area contributed by atoms with Crippen molar-refractivity contribution >= 4 is 39.9 Å². The maximum absolute atomic E-state index is 12.0. The molecule has 0 unspecified atom stereocenters. The molecule has 0 spiro atoms. The number of benzene rings is 2. The van der Waals surface area contributed by atoms with E-state index in [4.69, 9.17) is 16.3 Å². The Labute approximate surface area is 159 Å². The van der Waals surface area contributed by atoms with Crippen molar-refractivity contribution in [3.05, 3.63) is 70.1 Å². The zero-order chi connectivity index (χ0) is 18.5. The SMILES string of the molecule is Cc1ccc(-c2csc(NC(=O)COC(=O)c3cccc(Cl)c3)n2)cc1. The third-order valence-electron chi connectivity index (χ3n) is 3.49. The molecule has 1 N–H and O–H groups in total. The summed E-state index contributed by atoms with van der Waals surface area (Å²) in [5.41, 5.74) is 3.21. The van der Waals surface area contributed by atoms with Gasteiger partial charge in [-0.25, -0.2) is 9.78 Å². The maximum atomic E-state index is 12.0. The highest BCUT2D eigenvalue weighted by atomic mass is 35.5. The fourth-order valence-electron chi connectivity index (χ4n) is 2.17. The summed E-state index contributed by atoms with van der Waals surface area (Å²) in [4.78, 5) is 28.2. The summed E-state index contributed by atoms with van der Waals surface area (Å²) in [6, 6.07) is 14.3. The van der Waals surface area contributed by atoms with Crippen molar-refractivity contribution in [2.24, 2.45) is 0 Å². The molecule has 3 aromatic rings. The molecule has 2 aromatic carbocycles. The Bertz CT molecular complexity index is 938. The lowest BCUT2D eigenvalue weighted by molar-refractivity contribution is -0.119. The number of carbonyl (C=O) groups excluding carboxylic acids is 2. The van der Waals surface area contributed by atoms with Gasteiger partial charge in [0.15, 0.2) is 11.7 Å². The largest absolute Gasteiger partial charge is 0.452 e. The van der Waals surface area contributed by atoms with Crippen molar-refractivity contribution in [2.75, 3.05) is 11.9 Å². The van der Waals surface area contributed by atoms with Crippen LogP contribution < -0.4 is 5.32 Å². The van der Waals surface area contributed by atoms with Crippen LogP contribution in [0.4, 0.5) is 5.13 Å². The van der Waals surface area contributed by atoms with Gasteiger partial charge in [0.1, 0.15) is 0 Å². The van der Waals surface area contributed by atoms with Crippen LogP contribution in [-0.4, -0.2) is 23.5 Å². The van der Waals surface area contributed by atoms with Crippen molar-refractivity contribution in [3.8, 4) is 11.3 Å². The molecule has 0 radical (unpaired) electrons. The molecule has 0 bridgehead atoms. The van der Waals surface area contributed by atoms with Crippen molar-refractivity contribution in [3.63, 3.8) is 0 Å². The van der Waals surface area contributed by atoms with E-state index in [9.17, 15) is 9.59 Å². The minimum Gasteiger partial charge on any atom is -0.452 e. The summed E-state index contributed by atoms with van der Waals surface area (Å²) < 4.78 is 4.99. The Morgan fingerprint density at radius 2 is 1.96 bits per heavy atom. The number of thiazole rings is 1. The Hall–Kier alpha value is -2.70. The smallest absolute Gasteiger partial charge is 0.338 e. The standard InChI is InChI=1S/C19H15ClN2O3S/c1-12-5-7-13(8-6-12)16-11-26-19(21-16)22-17(23)10-25-18(24)14-3-2-4-15(20)9-14/h2-9,11H,10H2,1H3,(H,21,22,23). The molecule has 0 saturated heterocycles. The zero-order valence-electron chi connectivity index (χ0n) is 13.9. The second-order valence-corrected chi connectivity index (χ2v) is 6.83. The van der Waals surface area contributed by atoms with E-state index in [-0.39, 0.29) is 0 Å². The van der Waals surface area contributed by atoms with Crippen molar-refractivity contribution in [2.45, 2.75) is 6.92 Å². The number of aromatic nitrogens is 1. The topological polar surface area (TPSA) is 68.3 Å². The molecule has 0 atom stereocenters. The minimum atomic E-state index is -0.609. The number of rotatable bonds is 5. The molecule has 0 aliphatic rings. The van der Waals surface area contributed by atoms with E-state index in [0.29, 0.717) is 15.7 Å². The highest BCUT2D eigenvalue weighted by molar-refractivity contribution is 7.14. The van der Waals surface area contributed by atoms with Crippen LogP contribution in [-0.2, 0) is 9.53 Å². The molecule has 1 heterocycles. The van der Waals surface area contributed by atoms with Gasteiger partial charge in [-0.1, -0.05) is 47.5 Å². The summed E-state index contributed by atoms with van der Waals surface area (Å²) in [5.74, 6) is -1.06. The Morgan fingerprint density at radius 3 is 2.69 bits per heavy atom. The first-order chi connectivity index (χ1) is 12.5. The summed E-state index contributed by atoms with van der Waals surface area (Å²) in [5, 5.41) is 5.36. The number of hydrogen-bond donors (Lipinski definition) is 1. The molecule has 0 aliphatic carbocycles. The lowest BCUT2D eigenvalue weighted by Gasteiger charge is -2.05. The van der Waals surface area contributed by atoms with Crippen LogP contribution in [0.2, 0.25) is 5.02 Å². The van der Waals surface area contributed by atoms with Gasteiger partial charge < -0.3 is 4.74 Å². The Kier molecular flexibility index (Phi) is 5.65. The van der Waals surface area contributed by atoms with Crippen LogP contribution in [0.15, 0.2) is 53.9 Å². The molecule has 0 fully saturated rings. The number of nitrogens with one attached hydrogen (secondary N) is 1. The zero-order valence-corrected chi connectivity index (χ0v) is 15.4. The molecule has 132 valence electrons. The van der Waals surface area contributed by atoms with Gasteiger partial charge in [0.2, 0.25) is 0 Å². The average molecular weight is 387 g/mol. The lowest BCUT2D eigenvalue weighted by Crippen LogP contribution is -2.20. The fourth-order valence-corrected chi connectivity index (χ4v) is 3.10. The van der Waals surface area contributed by atoms with Crippen molar-refractivity contribution < 1.29 is 14.3 Å². The second-order valence-electron chi connectivity index (χ2n) is 5.54. The molecule has 0 saturated carbocycles. The van der Waals surface area contributed by atoms with Gasteiger partial charge >= 0.3 is 5.97 Å². The summed E-state index contributed by atoms with van der Waals surface area (Å²) >= 11 is 7.13. The van der Waals surface area contributed by atoms with Crippen LogP contribution in [0.3, 0.4) is 0 Å². The van der Waals surface area contributed by atoms with Gasteiger partial charge in [-0.05, 0) is 25.1 Å². The van der Waals surface area contributed by atoms with Gasteiger partial charge in [0.05, 0.1) is 11.3 Å². The molecular formula is C19H15ClN2O3S. The monoisotopic (exact) mass is 386 g/mol. The van der Waals surface area contributed by atoms with E-state index >= 15 is 0 Å². The number of amides is 1. The van der Waals surface area contributed by atoms with E-state index in [1.807, 2.05) is 36.6 Å². The highest BCUT2D eigenvalue weighted by Gasteiger charge is 2.12. The number of aryl methyl sites for hydroxylation is 1. The van der Waals surface area contributed by atoms with Gasteiger partial charge in [-0.15, -0.1) is 11.3 Å². The van der Waals surface area contributed by atoms with Crippen LogP contribution in [0, 0.1) is 6.92 Å². The van der Waals surface area contributed by atoms with Crippen LogP contribution in [0.5, 0.6) is 0 Å². The van der Waals surface area contributed by atoms with E-state index < -0.39 is 18.5 Å². The molecule has 1 amide bonds. The fraction of sp³-hybridized carbons (Fsp3) is 0.105. The first-order valence-electron chi connectivity index (χ1n) is 7.76. The maximum Gasteiger partial charge on any atom is 0.338 e. The van der Waals surface area contributed by atoms with Crippen molar-refractivity contribution in [1.29, 1.82) is 0 Å². The predicted molar refractivity (Wildman–Crippen MR) is 103 cm³/mol. The number of halogens is 1. The van der Waals surface area contributed by atoms with Gasteiger partial charge in [-0.3, -0.25) is 10.1 Å². The predicted octanol–water partition coefficient (Wildman–Crippen LogP) is 4.57.